The van der Waals surface area contributed by atoms with Crippen molar-refractivity contribution in [2.75, 3.05) is 0 Å². The average molecular weight is 336 g/mol. The van der Waals surface area contributed by atoms with Gasteiger partial charge in [0.1, 0.15) is 0 Å². The highest BCUT2D eigenvalue weighted by molar-refractivity contribution is 5.93. The van der Waals surface area contributed by atoms with E-state index in [9.17, 15) is 4.79 Å². The van der Waals surface area contributed by atoms with Crippen molar-refractivity contribution in [1.29, 1.82) is 0 Å². The van der Waals surface area contributed by atoms with Crippen LogP contribution >= 0.6 is 0 Å². The van der Waals surface area contributed by atoms with E-state index in [-0.39, 0.29) is 11.8 Å². The lowest BCUT2D eigenvalue weighted by molar-refractivity contribution is 0.0879. The Bertz CT molecular complexity index is 694. The molecule has 3 heteroatoms. The minimum absolute atomic E-state index is 0.135. The Morgan fingerprint density at radius 1 is 1.16 bits per heavy atom. The van der Waals surface area contributed by atoms with Gasteiger partial charge in [-0.3, -0.25) is 10.2 Å². The molecular weight excluding hydrogens is 308 g/mol. The molecule has 0 saturated carbocycles. The normalized spacial score (nSPS) is 14.4. The lowest BCUT2D eigenvalue weighted by Gasteiger charge is -2.39. The largest absolute Gasteiger partial charge is 0.287 e. The maximum Gasteiger partial charge on any atom is 0.265 e. The zero-order valence-electron chi connectivity index (χ0n) is 15.4. The summed E-state index contributed by atoms with van der Waals surface area (Å²) in [5.41, 5.74) is 8.87. The standard InChI is InChI=1S/C22H28N2O/c1-5-16-22(18(4)6-2,20-14-12-17(3)13-15-20)24-23-21(25)19-10-8-7-9-11-19/h6-15,18,24H,2,5,16H2,1,3-4H3,(H,23,25)/t18-,22-/m0/s1. The fraction of sp³-hybridized carbons (Fsp3) is 0.318. The first-order valence-electron chi connectivity index (χ1n) is 8.85. The Morgan fingerprint density at radius 2 is 1.80 bits per heavy atom. The molecule has 0 heterocycles. The van der Waals surface area contributed by atoms with Crippen LogP contribution in [0.1, 0.15) is 48.2 Å². The topological polar surface area (TPSA) is 41.1 Å². The molecule has 0 spiro atoms. The van der Waals surface area contributed by atoms with E-state index < -0.39 is 5.54 Å². The van der Waals surface area contributed by atoms with Crippen LogP contribution in [-0.2, 0) is 5.54 Å². The lowest BCUT2D eigenvalue weighted by atomic mass is 9.76. The average Bonchev–Trinajstić information content (AvgIpc) is 2.65. The fourth-order valence-corrected chi connectivity index (χ4v) is 3.16. The number of hydrazine groups is 1. The van der Waals surface area contributed by atoms with Gasteiger partial charge in [0.05, 0.1) is 5.54 Å². The van der Waals surface area contributed by atoms with Crippen LogP contribution in [0.25, 0.3) is 0 Å². The van der Waals surface area contributed by atoms with Gasteiger partial charge in [0.2, 0.25) is 0 Å². The summed E-state index contributed by atoms with van der Waals surface area (Å²) in [6, 6.07) is 17.7. The molecule has 3 nitrogen and oxygen atoms in total. The summed E-state index contributed by atoms with van der Waals surface area (Å²) in [5.74, 6) is 0.00989. The molecular formula is C22H28N2O. The van der Waals surface area contributed by atoms with Crippen LogP contribution in [0.3, 0.4) is 0 Å². The molecule has 2 rings (SSSR count). The molecule has 132 valence electrons. The summed E-state index contributed by atoms with van der Waals surface area (Å²) >= 11 is 0. The number of benzene rings is 2. The predicted octanol–water partition coefficient (Wildman–Crippen LogP) is 4.75. The van der Waals surface area contributed by atoms with Gasteiger partial charge in [-0.2, -0.15) is 0 Å². The zero-order valence-corrected chi connectivity index (χ0v) is 15.4. The Labute approximate surface area is 151 Å². The molecule has 1 amide bonds. The fourth-order valence-electron chi connectivity index (χ4n) is 3.16. The van der Waals surface area contributed by atoms with Crippen LogP contribution in [0.2, 0.25) is 0 Å². The summed E-state index contributed by atoms with van der Waals surface area (Å²) in [4.78, 5) is 12.5. The number of hydrogen-bond acceptors (Lipinski definition) is 2. The number of rotatable bonds is 8. The van der Waals surface area contributed by atoms with Gasteiger partial charge in [0.25, 0.3) is 5.91 Å². The zero-order chi connectivity index (χ0) is 18.3. The highest BCUT2D eigenvalue weighted by atomic mass is 16.2. The second-order valence-corrected chi connectivity index (χ2v) is 6.56. The van der Waals surface area contributed by atoms with Crippen LogP contribution in [0, 0.1) is 12.8 Å². The van der Waals surface area contributed by atoms with Gasteiger partial charge in [0, 0.05) is 5.56 Å². The Balaban J connectivity index is 2.31. The molecule has 0 aliphatic heterocycles. The third-order valence-electron chi connectivity index (χ3n) is 4.78. The first kappa shape index (κ1) is 18.9. The van der Waals surface area contributed by atoms with Crippen LogP contribution in [0.5, 0.6) is 0 Å². The molecule has 0 fully saturated rings. The smallest absolute Gasteiger partial charge is 0.265 e. The molecule has 0 radical (unpaired) electrons. The number of hydrogen-bond donors (Lipinski definition) is 2. The van der Waals surface area contributed by atoms with Crippen molar-refractivity contribution in [3.05, 3.63) is 83.9 Å². The van der Waals surface area contributed by atoms with Crippen molar-refractivity contribution in [3.63, 3.8) is 0 Å². The maximum absolute atomic E-state index is 12.5. The molecule has 2 aromatic carbocycles. The molecule has 0 aliphatic rings. The van der Waals surface area contributed by atoms with Crippen LogP contribution < -0.4 is 10.9 Å². The van der Waals surface area contributed by atoms with E-state index >= 15 is 0 Å². The minimum atomic E-state index is -0.394. The van der Waals surface area contributed by atoms with Crippen molar-refractivity contribution in [2.45, 2.75) is 39.2 Å². The van der Waals surface area contributed by atoms with Crippen molar-refractivity contribution >= 4 is 5.91 Å². The third kappa shape index (κ3) is 4.37. The van der Waals surface area contributed by atoms with Crippen molar-refractivity contribution in [3.8, 4) is 0 Å². The van der Waals surface area contributed by atoms with Gasteiger partial charge in [0.15, 0.2) is 0 Å². The van der Waals surface area contributed by atoms with Gasteiger partial charge in [-0.25, -0.2) is 5.43 Å². The monoisotopic (exact) mass is 336 g/mol. The van der Waals surface area contributed by atoms with Gasteiger partial charge < -0.3 is 0 Å². The molecule has 0 aliphatic carbocycles. The van der Waals surface area contributed by atoms with E-state index in [1.807, 2.05) is 24.3 Å². The van der Waals surface area contributed by atoms with E-state index in [1.165, 1.54) is 5.56 Å². The quantitative estimate of drug-likeness (QED) is 0.540. The van der Waals surface area contributed by atoms with Crippen molar-refractivity contribution in [1.82, 2.24) is 10.9 Å². The summed E-state index contributed by atoms with van der Waals surface area (Å²) in [7, 11) is 0. The van der Waals surface area contributed by atoms with E-state index in [2.05, 4.69) is 62.5 Å². The summed E-state index contributed by atoms with van der Waals surface area (Å²) in [6.45, 7) is 10.3. The lowest BCUT2D eigenvalue weighted by Crippen LogP contribution is -2.55. The Hall–Kier alpha value is -2.39. The molecule has 2 aromatic rings. The highest BCUT2D eigenvalue weighted by Gasteiger charge is 2.36. The molecule has 25 heavy (non-hydrogen) atoms. The second kappa shape index (κ2) is 8.63. The van der Waals surface area contributed by atoms with Gasteiger partial charge >= 0.3 is 0 Å². The summed E-state index contributed by atoms with van der Waals surface area (Å²) < 4.78 is 0. The molecule has 0 bridgehead atoms. The second-order valence-electron chi connectivity index (χ2n) is 6.56. The van der Waals surface area contributed by atoms with E-state index in [0.717, 1.165) is 18.4 Å². The summed E-state index contributed by atoms with van der Waals surface area (Å²) in [5, 5.41) is 0. The maximum atomic E-state index is 12.5. The highest BCUT2D eigenvalue weighted by Crippen LogP contribution is 2.35. The van der Waals surface area contributed by atoms with E-state index in [4.69, 9.17) is 0 Å². The number of amides is 1. The van der Waals surface area contributed by atoms with Gasteiger partial charge in [-0.05, 0) is 37.0 Å². The molecule has 0 unspecified atom stereocenters. The SMILES string of the molecule is C=C[C@H](C)[C@](CCC)(NNC(=O)c1ccccc1)c1ccc(C)cc1. The molecule has 0 aromatic heterocycles. The van der Waals surface area contributed by atoms with Crippen LogP contribution in [-0.4, -0.2) is 5.91 Å². The van der Waals surface area contributed by atoms with Crippen molar-refractivity contribution < 1.29 is 4.79 Å². The van der Waals surface area contributed by atoms with Crippen molar-refractivity contribution in [2.24, 2.45) is 5.92 Å². The number of carbonyl (C=O) groups excluding carboxylic acids is 1. The summed E-state index contributed by atoms with van der Waals surface area (Å²) in [6.07, 6.45) is 3.82. The Morgan fingerprint density at radius 3 is 2.36 bits per heavy atom. The van der Waals surface area contributed by atoms with Gasteiger partial charge in [-0.15, -0.1) is 6.58 Å². The number of carbonyl (C=O) groups is 1. The van der Waals surface area contributed by atoms with Crippen LogP contribution in [0.15, 0.2) is 67.3 Å². The number of nitrogens with one attached hydrogen (secondary N) is 2. The third-order valence-corrected chi connectivity index (χ3v) is 4.78. The van der Waals surface area contributed by atoms with Gasteiger partial charge in [-0.1, -0.05) is 74.4 Å². The minimum Gasteiger partial charge on any atom is -0.287 e. The van der Waals surface area contributed by atoms with Crippen LogP contribution in [0.4, 0.5) is 0 Å². The molecule has 2 atom stereocenters. The van der Waals surface area contributed by atoms with E-state index in [0.29, 0.717) is 5.56 Å². The number of aryl methyl sites for hydroxylation is 1. The Kier molecular flexibility index (Phi) is 6.54. The first-order chi connectivity index (χ1) is 12.0. The molecule has 2 N–H and O–H groups in total. The first-order valence-corrected chi connectivity index (χ1v) is 8.85. The molecule has 0 saturated heterocycles. The van der Waals surface area contributed by atoms with E-state index in [1.54, 1.807) is 12.1 Å². The predicted molar refractivity (Wildman–Crippen MR) is 104 cm³/mol.